The Labute approximate surface area is 247 Å². The zero-order chi connectivity index (χ0) is 28.1. The van der Waals surface area contributed by atoms with Gasteiger partial charge in [-0.05, 0) is 61.4 Å². The minimum Gasteiger partial charge on any atom is -0.325 e. The molecule has 2 aliphatic rings. The van der Waals surface area contributed by atoms with E-state index in [-0.39, 0.29) is 29.1 Å². The molecular weight excluding hydrogens is 610 g/mol. The molecule has 1 aromatic heterocycles. The van der Waals surface area contributed by atoms with Gasteiger partial charge in [0.05, 0.1) is 16.6 Å². The number of carbonyl (C=O) groups is 3. The number of thiazole rings is 1. The van der Waals surface area contributed by atoms with Crippen molar-refractivity contribution >= 4 is 68.1 Å². The highest BCUT2D eigenvalue weighted by molar-refractivity contribution is 9.10. The van der Waals surface area contributed by atoms with E-state index >= 15 is 0 Å². The third kappa shape index (κ3) is 4.74. The number of thioether (sulfide) groups is 1. The first-order chi connectivity index (χ1) is 19.2. The highest BCUT2D eigenvalue weighted by Crippen LogP contribution is 2.53. The first kappa shape index (κ1) is 26.7. The molecule has 3 atom stereocenters. The smallest absolute Gasteiger partial charge is 0.308 e. The van der Waals surface area contributed by atoms with Gasteiger partial charge in [0, 0.05) is 21.0 Å². The summed E-state index contributed by atoms with van der Waals surface area (Å²) in [7, 11) is 0. The fourth-order valence-corrected chi connectivity index (χ4v) is 8.34. The number of halogens is 1. The van der Waals surface area contributed by atoms with Crippen molar-refractivity contribution in [3.05, 3.63) is 109 Å². The topological polar surface area (TPSA) is 88.5 Å². The monoisotopic (exact) mass is 633 g/mol. The van der Waals surface area contributed by atoms with Crippen molar-refractivity contribution in [3.8, 4) is 0 Å². The van der Waals surface area contributed by atoms with Gasteiger partial charge < -0.3 is 5.32 Å². The number of anilines is 2. The summed E-state index contributed by atoms with van der Waals surface area (Å²) in [6.07, 6.45) is 0. The number of rotatable bonds is 5. The predicted molar refractivity (Wildman–Crippen MR) is 161 cm³/mol. The number of imide groups is 1. The van der Waals surface area contributed by atoms with Crippen LogP contribution in [0.3, 0.4) is 0 Å². The van der Waals surface area contributed by atoms with E-state index in [2.05, 4.69) is 21.2 Å². The second kappa shape index (κ2) is 10.5. The number of carbonyl (C=O) groups excluding carboxylic acids is 3. The average molecular weight is 635 g/mol. The number of benzene rings is 3. The average Bonchev–Trinajstić information content (AvgIpc) is 3.36. The SMILES string of the molecule is Cc1ccc(N2C(=O)C3Sc4c(sc(=O)n4CC(=O)Nc4cccc(C)c4)[C@H](c4ccc(Br)cc4)C3C2=O)cc1. The summed E-state index contributed by atoms with van der Waals surface area (Å²) in [4.78, 5) is 55.7. The summed E-state index contributed by atoms with van der Waals surface area (Å²) in [6.45, 7) is 3.69. The summed E-state index contributed by atoms with van der Waals surface area (Å²) in [5.41, 5.74) is 4.04. The van der Waals surface area contributed by atoms with E-state index in [9.17, 15) is 19.2 Å². The minimum absolute atomic E-state index is 0.195. The number of aryl methyl sites for hydroxylation is 2. The van der Waals surface area contributed by atoms with Gasteiger partial charge in [-0.3, -0.25) is 23.7 Å². The zero-order valence-electron chi connectivity index (χ0n) is 21.6. The van der Waals surface area contributed by atoms with Gasteiger partial charge in [0.2, 0.25) is 17.7 Å². The van der Waals surface area contributed by atoms with Crippen molar-refractivity contribution < 1.29 is 14.4 Å². The summed E-state index contributed by atoms with van der Waals surface area (Å²) >= 11 is 5.72. The Balaban J connectivity index is 1.41. The van der Waals surface area contributed by atoms with Crippen molar-refractivity contribution in [2.24, 2.45) is 5.92 Å². The molecule has 2 unspecified atom stereocenters. The fraction of sp³-hybridized carbons (Fsp3) is 0.200. The van der Waals surface area contributed by atoms with E-state index in [1.165, 1.54) is 21.2 Å². The molecule has 4 aromatic rings. The molecule has 3 amide bonds. The Hall–Kier alpha value is -3.47. The fourth-order valence-electron chi connectivity index (χ4n) is 5.30. The van der Waals surface area contributed by atoms with E-state index in [1.807, 2.05) is 68.4 Å². The quantitative estimate of drug-likeness (QED) is 0.284. The molecule has 0 radical (unpaired) electrons. The van der Waals surface area contributed by atoms with Crippen LogP contribution >= 0.6 is 39.0 Å². The van der Waals surface area contributed by atoms with Crippen LogP contribution < -0.4 is 15.1 Å². The standard InChI is InChI=1S/C30H24BrN3O4S2/c1-16-6-12-21(13-7-16)34-27(36)24-23(18-8-10-19(31)11-9-18)26-29(39-25(24)28(34)37)33(30(38)40-26)15-22(35)32-20-5-3-4-17(2)14-20/h3-14,23-25H,15H2,1-2H3,(H,32,35)/t23-,24?,25?/m1/s1. The molecule has 202 valence electrons. The van der Waals surface area contributed by atoms with Crippen LogP contribution in [-0.4, -0.2) is 27.5 Å². The maximum absolute atomic E-state index is 13.9. The molecule has 0 spiro atoms. The molecular formula is C30H24BrN3O4S2. The molecule has 2 aliphatic heterocycles. The van der Waals surface area contributed by atoms with Crippen LogP contribution in [0, 0.1) is 19.8 Å². The number of nitrogens with one attached hydrogen (secondary N) is 1. The highest BCUT2D eigenvalue weighted by Gasteiger charge is 2.56. The van der Waals surface area contributed by atoms with Gasteiger partial charge in [-0.1, -0.05) is 81.0 Å². The van der Waals surface area contributed by atoms with Crippen LogP contribution in [0.5, 0.6) is 0 Å². The van der Waals surface area contributed by atoms with Crippen LogP contribution in [0.15, 0.2) is 87.1 Å². The van der Waals surface area contributed by atoms with E-state index in [0.717, 1.165) is 32.5 Å². The summed E-state index contributed by atoms with van der Waals surface area (Å²) in [5, 5.41) is 2.70. The highest BCUT2D eigenvalue weighted by atomic mass is 79.9. The van der Waals surface area contributed by atoms with Gasteiger partial charge in [0.15, 0.2) is 0 Å². The first-order valence-corrected chi connectivity index (χ1v) is 15.2. The maximum Gasteiger partial charge on any atom is 0.308 e. The molecule has 10 heteroatoms. The lowest BCUT2D eigenvalue weighted by Crippen LogP contribution is -2.33. The molecule has 1 N–H and O–H groups in total. The number of nitrogens with zero attached hydrogens (tertiary/aromatic N) is 2. The summed E-state index contributed by atoms with van der Waals surface area (Å²) in [6, 6.07) is 22.4. The van der Waals surface area contributed by atoms with Gasteiger partial charge in [0.25, 0.3) is 0 Å². The van der Waals surface area contributed by atoms with Crippen LogP contribution in [-0.2, 0) is 20.9 Å². The van der Waals surface area contributed by atoms with Crippen molar-refractivity contribution in [1.29, 1.82) is 0 Å². The van der Waals surface area contributed by atoms with Gasteiger partial charge in [-0.15, -0.1) is 0 Å². The summed E-state index contributed by atoms with van der Waals surface area (Å²) in [5.74, 6) is -2.12. The first-order valence-electron chi connectivity index (χ1n) is 12.7. The van der Waals surface area contributed by atoms with Gasteiger partial charge in [-0.25, -0.2) is 4.90 Å². The molecule has 3 heterocycles. The Bertz CT molecular complexity index is 1710. The molecule has 0 saturated carbocycles. The normalized spacial score (nSPS) is 19.9. The lowest BCUT2D eigenvalue weighted by atomic mass is 9.83. The molecule has 1 fully saturated rings. The van der Waals surface area contributed by atoms with Crippen molar-refractivity contribution in [1.82, 2.24) is 4.57 Å². The van der Waals surface area contributed by atoms with Crippen molar-refractivity contribution in [2.75, 3.05) is 10.2 Å². The lowest BCUT2D eigenvalue weighted by molar-refractivity contribution is -0.122. The molecule has 0 aliphatic carbocycles. The van der Waals surface area contributed by atoms with Crippen LogP contribution in [0.4, 0.5) is 11.4 Å². The molecule has 40 heavy (non-hydrogen) atoms. The lowest BCUT2D eigenvalue weighted by Gasteiger charge is -2.30. The van der Waals surface area contributed by atoms with E-state index in [0.29, 0.717) is 21.3 Å². The molecule has 0 bridgehead atoms. The van der Waals surface area contributed by atoms with Crippen molar-refractivity contribution in [2.45, 2.75) is 36.6 Å². The van der Waals surface area contributed by atoms with E-state index < -0.39 is 17.1 Å². The Morgan fingerprint density at radius 3 is 2.35 bits per heavy atom. The van der Waals surface area contributed by atoms with Crippen LogP contribution in [0.25, 0.3) is 0 Å². The zero-order valence-corrected chi connectivity index (χ0v) is 24.8. The number of aromatic nitrogens is 1. The minimum atomic E-state index is -0.727. The van der Waals surface area contributed by atoms with Crippen LogP contribution in [0.1, 0.15) is 27.5 Å². The molecule has 3 aromatic carbocycles. The van der Waals surface area contributed by atoms with Gasteiger partial charge in [0.1, 0.15) is 11.8 Å². The van der Waals surface area contributed by atoms with Crippen LogP contribution in [0.2, 0.25) is 0 Å². The Kier molecular flexibility index (Phi) is 7.02. The Morgan fingerprint density at radius 1 is 0.925 bits per heavy atom. The molecule has 1 saturated heterocycles. The molecule has 7 nitrogen and oxygen atoms in total. The second-order valence-electron chi connectivity index (χ2n) is 9.98. The third-order valence-corrected chi connectivity index (χ3v) is 10.3. The summed E-state index contributed by atoms with van der Waals surface area (Å²) < 4.78 is 2.32. The second-order valence-corrected chi connectivity index (χ2v) is 13.0. The number of fused-ring (bicyclic) bond motifs is 2. The third-order valence-electron chi connectivity index (χ3n) is 7.17. The molecule has 6 rings (SSSR count). The number of hydrogen-bond donors (Lipinski definition) is 1. The largest absolute Gasteiger partial charge is 0.325 e. The predicted octanol–water partition coefficient (Wildman–Crippen LogP) is 5.72. The van der Waals surface area contributed by atoms with Gasteiger partial charge in [-0.2, -0.15) is 0 Å². The number of amides is 3. The number of hydrogen-bond acceptors (Lipinski definition) is 6. The van der Waals surface area contributed by atoms with E-state index in [4.69, 9.17) is 0 Å². The van der Waals surface area contributed by atoms with Gasteiger partial charge >= 0.3 is 4.87 Å². The van der Waals surface area contributed by atoms with Crippen molar-refractivity contribution in [3.63, 3.8) is 0 Å². The Morgan fingerprint density at radius 2 is 1.65 bits per heavy atom. The van der Waals surface area contributed by atoms with E-state index in [1.54, 1.807) is 18.2 Å². The maximum atomic E-state index is 13.9.